The van der Waals surface area contributed by atoms with Crippen LogP contribution in [0, 0.1) is 23.2 Å². The standard InChI is InChI=1S/C29H36N4O3/c1-19(23-7-9-25(10-8-23)33-28(36)32-24-5-3-2-4-6-24)31-26(34)11-12-30-27(35)29-16-20-13-21(17-29)15-22(14-20)18-29/h2-10,19-22H,11-18H2,1H3,(H,30,35)(H,31,34)(H2,32,33,36). The van der Waals surface area contributed by atoms with Gasteiger partial charge < -0.3 is 21.3 Å². The molecule has 4 aliphatic carbocycles. The van der Waals surface area contributed by atoms with Gasteiger partial charge in [0.2, 0.25) is 11.8 Å². The second-order valence-corrected chi connectivity index (χ2v) is 11.1. The second-order valence-electron chi connectivity index (χ2n) is 11.1. The van der Waals surface area contributed by atoms with Crippen LogP contribution in [0.5, 0.6) is 0 Å². The number of hydrogen-bond acceptors (Lipinski definition) is 3. The maximum Gasteiger partial charge on any atom is 0.323 e. The lowest BCUT2D eigenvalue weighted by Crippen LogP contribution is -2.53. The number of para-hydroxylation sites is 1. The minimum absolute atomic E-state index is 0.0854. The van der Waals surface area contributed by atoms with Gasteiger partial charge in [0.15, 0.2) is 0 Å². The molecule has 1 atom stereocenters. The third-order valence-corrected chi connectivity index (χ3v) is 8.24. The number of carbonyl (C=O) groups is 3. The molecule has 0 heterocycles. The van der Waals surface area contributed by atoms with Crippen LogP contribution in [0.1, 0.15) is 63.5 Å². The smallest absolute Gasteiger partial charge is 0.323 e. The van der Waals surface area contributed by atoms with E-state index in [0.717, 1.165) is 48.3 Å². The highest BCUT2D eigenvalue weighted by Crippen LogP contribution is 2.60. The monoisotopic (exact) mass is 488 g/mol. The van der Waals surface area contributed by atoms with Gasteiger partial charge in [-0.15, -0.1) is 0 Å². The van der Waals surface area contributed by atoms with Crippen molar-refractivity contribution in [3.63, 3.8) is 0 Å². The van der Waals surface area contributed by atoms with Crippen molar-refractivity contribution in [2.45, 2.75) is 57.9 Å². The van der Waals surface area contributed by atoms with Crippen LogP contribution in [-0.4, -0.2) is 24.4 Å². The van der Waals surface area contributed by atoms with Gasteiger partial charge in [-0.05, 0) is 93.0 Å². The van der Waals surface area contributed by atoms with E-state index in [2.05, 4.69) is 21.3 Å². The minimum Gasteiger partial charge on any atom is -0.355 e. The minimum atomic E-state index is -0.314. The zero-order chi connectivity index (χ0) is 25.1. The first kappa shape index (κ1) is 24.3. The largest absolute Gasteiger partial charge is 0.355 e. The summed E-state index contributed by atoms with van der Waals surface area (Å²) in [7, 11) is 0. The molecule has 1 unspecified atom stereocenters. The summed E-state index contributed by atoms with van der Waals surface area (Å²) in [6, 6.07) is 16.2. The topological polar surface area (TPSA) is 99.3 Å². The number of benzene rings is 2. The Morgan fingerprint density at radius 1 is 0.833 bits per heavy atom. The van der Waals surface area contributed by atoms with E-state index in [-0.39, 0.29) is 35.7 Å². The molecule has 36 heavy (non-hydrogen) atoms. The molecular formula is C29H36N4O3. The molecule has 7 nitrogen and oxygen atoms in total. The van der Waals surface area contributed by atoms with Crippen LogP contribution in [0.2, 0.25) is 0 Å². The van der Waals surface area contributed by atoms with Crippen LogP contribution in [0.25, 0.3) is 0 Å². The maximum atomic E-state index is 13.1. The number of anilines is 2. The fourth-order valence-corrected chi connectivity index (χ4v) is 6.93. The third-order valence-electron chi connectivity index (χ3n) is 8.24. The summed E-state index contributed by atoms with van der Waals surface area (Å²) in [6.45, 7) is 2.30. The van der Waals surface area contributed by atoms with E-state index in [1.807, 2.05) is 61.5 Å². The molecule has 2 aromatic carbocycles. The lowest BCUT2D eigenvalue weighted by Gasteiger charge is -2.55. The average Bonchev–Trinajstić information content (AvgIpc) is 2.84. The van der Waals surface area contributed by atoms with Gasteiger partial charge in [0.05, 0.1) is 6.04 Å². The summed E-state index contributed by atoms with van der Waals surface area (Å²) in [5, 5.41) is 11.7. The Kier molecular flexibility index (Phi) is 6.99. The van der Waals surface area contributed by atoms with Crippen molar-refractivity contribution < 1.29 is 14.4 Å². The van der Waals surface area contributed by atoms with Crippen LogP contribution in [-0.2, 0) is 9.59 Å². The first-order chi connectivity index (χ1) is 17.4. The third kappa shape index (κ3) is 5.55. The summed E-state index contributed by atoms with van der Waals surface area (Å²) in [6.07, 6.45) is 7.30. The Morgan fingerprint density at radius 2 is 1.39 bits per heavy atom. The summed E-state index contributed by atoms with van der Waals surface area (Å²) >= 11 is 0. The van der Waals surface area contributed by atoms with Crippen molar-refractivity contribution in [1.82, 2.24) is 10.6 Å². The first-order valence-electron chi connectivity index (χ1n) is 13.2. The van der Waals surface area contributed by atoms with Crippen molar-refractivity contribution in [2.24, 2.45) is 23.2 Å². The molecule has 4 amide bonds. The van der Waals surface area contributed by atoms with Gasteiger partial charge in [-0.1, -0.05) is 30.3 Å². The molecule has 6 rings (SSSR count). The molecule has 4 saturated carbocycles. The Balaban J connectivity index is 1.04. The predicted molar refractivity (Wildman–Crippen MR) is 140 cm³/mol. The van der Waals surface area contributed by atoms with Gasteiger partial charge in [-0.2, -0.15) is 0 Å². The molecule has 0 aliphatic heterocycles. The molecule has 0 saturated heterocycles. The van der Waals surface area contributed by atoms with Crippen LogP contribution in [0.3, 0.4) is 0 Å². The van der Waals surface area contributed by atoms with Crippen molar-refractivity contribution in [3.05, 3.63) is 60.2 Å². The van der Waals surface area contributed by atoms with Crippen LogP contribution in [0.4, 0.5) is 16.2 Å². The highest BCUT2D eigenvalue weighted by molar-refractivity contribution is 5.99. The van der Waals surface area contributed by atoms with Crippen molar-refractivity contribution >= 4 is 29.2 Å². The van der Waals surface area contributed by atoms with E-state index >= 15 is 0 Å². The summed E-state index contributed by atoms with van der Waals surface area (Å²) < 4.78 is 0. The number of urea groups is 1. The highest BCUT2D eigenvalue weighted by atomic mass is 16.2. The number of carbonyl (C=O) groups excluding carboxylic acids is 3. The molecule has 2 aromatic rings. The lowest BCUT2D eigenvalue weighted by molar-refractivity contribution is -0.146. The number of amides is 4. The number of hydrogen-bond donors (Lipinski definition) is 4. The number of nitrogens with one attached hydrogen (secondary N) is 4. The van der Waals surface area contributed by atoms with Gasteiger partial charge >= 0.3 is 6.03 Å². The highest BCUT2D eigenvalue weighted by Gasteiger charge is 2.54. The average molecular weight is 489 g/mol. The van der Waals surface area contributed by atoms with Crippen LogP contribution < -0.4 is 21.3 Å². The Labute approximate surface area is 212 Å². The van der Waals surface area contributed by atoms with E-state index in [0.29, 0.717) is 12.2 Å². The van der Waals surface area contributed by atoms with Crippen LogP contribution in [0.15, 0.2) is 54.6 Å². The zero-order valence-electron chi connectivity index (χ0n) is 20.9. The number of rotatable bonds is 8. The maximum absolute atomic E-state index is 13.1. The molecule has 4 N–H and O–H groups in total. The van der Waals surface area contributed by atoms with Gasteiger partial charge in [-0.3, -0.25) is 9.59 Å². The van der Waals surface area contributed by atoms with Gasteiger partial charge in [-0.25, -0.2) is 4.79 Å². The molecule has 7 heteroatoms. The zero-order valence-corrected chi connectivity index (χ0v) is 20.9. The van der Waals surface area contributed by atoms with Crippen molar-refractivity contribution in [3.8, 4) is 0 Å². The summed E-state index contributed by atoms with van der Waals surface area (Å²) in [4.78, 5) is 37.7. The van der Waals surface area contributed by atoms with Gasteiger partial charge in [0.1, 0.15) is 0 Å². The van der Waals surface area contributed by atoms with E-state index in [9.17, 15) is 14.4 Å². The van der Waals surface area contributed by atoms with Gasteiger partial charge in [0, 0.05) is 29.8 Å². The predicted octanol–water partition coefficient (Wildman–Crippen LogP) is 5.23. The van der Waals surface area contributed by atoms with Crippen LogP contribution >= 0.6 is 0 Å². The molecule has 190 valence electrons. The Bertz CT molecular complexity index is 1060. The normalized spacial score (nSPS) is 26.6. The second kappa shape index (κ2) is 10.3. The molecule has 0 radical (unpaired) electrons. The Hall–Kier alpha value is -3.35. The van der Waals surface area contributed by atoms with E-state index in [1.165, 1.54) is 19.3 Å². The molecular weight excluding hydrogens is 452 g/mol. The summed E-state index contributed by atoms with van der Waals surface area (Å²) in [5.74, 6) is 2.27. The fourth-order valence-electron chi connectivity index (χ4n) is 6.93. The van der Waals surface area contributed by atoms with E-state index in [1.54, 1.807) is 0 Å². The molecule has 0 spiro atoms. The Morgan fingerprint density at radius 3 is 1.97 bits per heavy atom. The van der Waals surface area contributed by atoms with E-state index < -0.39 is 0 Å². The van der Waals surface area contributed by atoms with E-state index in [4.69, 9.17) is 0 Å². The molecule has 4 bridgehead atoms. The first-order valence-corrected chi connectivity index (χ1v) is 13.2. The quantitative estimate of drug-likeness (QED) is 0.409. The summed E-state index contributed by atoms with van der Waals surface area (Å²) in [5.41, 5.74) is 2.15. The molecule has 0 aromatic heterocycles. The van der Waals surface area contributed by atoms with Gasteiger partial charge in [0.25, 0.3) is 0 Å². The fraction of sp³-hybridized carbons (Fsp3) is 0.483. The molecule has 4 aliphatic rings. The lowest BCUT2D eigenvalue weighted by atomic mass is 9.49. The molecule has 4 fully saturated rings. The van der Waals surface area contributed by atoms with Crippen molar-refractivity contribution in [2.75, 3.05) is 17.2 Å². The SMILES string of the molecule is CC(NC(=O)CCNC(=O)C12CC3CC(CC(C3)C1)C2)c1ccc(NC(=O)Nc2ccccc2)cc1. The van der Waals surface area contributed by atoms with Crippen molar-refractivity contribution in [1.29, 1.82) is 0 Å².